The third-order valence-electron chi connectivity index (χ3n) is 4.52. The van der Waals surface area contributed by atoms with Gasteiger partial charge in [-0.3, -0.25) is 0 Å². The molecule has 2 rings (SSSR count). The molecule has 0 amide bonds. The molecule has 0 aromatic rings. The summed E-state index contributed by atoms with van der Waals surface area (Å²) in [7, 11) is 0. The molecule has 1 aliphatic heterocycles. The second kappa shape index (κ2) is 3.95. The van der Waals surface area contributed by atoms with Gasteiger partial charge in [0.2, 0.25) is 0 Å². The largest absolute Gasteiger partial charge is 0.478 e. The van der Waals surface area contributed by atoms with E-state index in [1.165, 1.54) is 12.5 Å². The zero-order chi connectivity index (χ0) is 13.6. The van der Waals surface area contributed by atoms with Crippen molar-refractivity contribution in [1.82, 2.24) is 0 Å². The van der Waals surface area contributed by atoms with Crippen LogP contribution in [0.15, 0.2) is 23.8 Å². The van der Waals surface area contributed by atoms with Crippen molar-refractivity contribution in [2.24, 2.45) is 5.41 Å². The second-order valence-electron chi connectivity index (χ2n) is 6.37. The van der Waals surface area contributed by atoms with Crippen molar-refractivity contribution >= 4 is 5.97 Å². The number of allylic oxidation sites excluding steroid dienone is 2. The van der Waals surface area contributed by atoms with Gasteiger partial charge in [0.15, 0.2) is 0 Å². The van der Waals surface area contributed by atoms with Crippen LogP contribution in [0.5, 0.6) is 0 Å². The van der Waals surface area contributed by atoms with Crippen LogP contribution in [0.25, 0.3) is 0 Å². The molecule has 3 heteroatoms. The Bertz CT molecular complexity index is 433. The Morgan fingerprint density at radius 1 is 1.28 bits per heavy atom. The van der Waals surface area contributed by atoms with Gasteiger partial charge in [0, 0.05) is 11.5 Å². The highest BCUT2D eigenvalue weighted by Crippen LogP contribution is 2.66. The van der Waals surface area contributed by atoms with E-state index in [1.807, 2.05) is 6.08 Å². The number of carboxylic acid groups (broad SMARTS) is 1. The lowest BCUT2D eigenvalue weighted by Gasteiger charge is -2.36. The summed E-state index contributed by atoms with van der Waals surface area (Å²) < 4.78 is 6.06. The zero-order valence-corrected chi connectivity index (χ0v) is 11.6. The van der Waals surface area contributed by atoms with Crippen molar-refractivity contribution in [3.63, 3.8) is 0 Å². The summed E-state index contributed by atoms with van der Waals surface area (Å²) >= 11 is 0. The first-order valence-electron chi connectivity index (χ1n) is 6.53. The van der Waals surface area contributed by atoms with Crippen molar-refractivity contribution in [2.45, 2.75) is 58.2 Å². The molecule has 1 heterocycles. The van der Waals surface area contributed by atoms with Gasteiger partial charge in [-0.25, -0.2) is 4.79 Å². The third kappa shape index (κ3) is 1.91. The van der Waals surface area contributed by atoms with E-state index < -0.39 is 5.97 Å². The van der Waals surface area contributed by atoms with E-state index in [9.17, 15) is 4.79 Å². The molecule has 0 spiro atoms. The molecule has 2 aliphatic rings. The third-order valence-corrected chi connectivity index (χ3v) is 4.52. The van der Waals surface area contributed by atoms with Crippen LogP contribution in [0, 0.1) is 5.41 Å². The molecule has 0 aromatic carbocycles. The number of hydrogen-bond donors (Lipinski definition) is 1. The van der Waals surface area contributed by atoms with Crippen molar-refractivity contribution in [2.75, 3.05) is 0 Å². The summed E-state index contributed by atoms with van der Waals surface area (Å²) in [5, 5.41) is 8.71. The minimum atomic E-state index is -0.906. The maximum atomic E-state index is 10.6. The van der Waals surface area contributed by atoms with Crippen LogP contribution in [0.2, 0.25) is 0 Å². The first-order chi connectivity index (χ1) is 8.22. The highest BCUT2D eigenvalue weighted by atomic mass is 16.6. The number of fused-ring (bicyclic) bond motifs is 1. The van der Waals surface area contributed by atoms with Gasteiger partial charge in [0.25, 0.3) is 0 Å². The van der Waals surface area contributed by atoms with E-state index in [1.54, 1.807) is 6.92 Å². The predicted octanol–water partition coefficient (Wildman–Crippen LogP) is 3.31. The summed E-state index contributed by atoms with van der Waals surface area (Å²) in [6.45, 7) is 8.43. The van der Waals surface area contributed by atoms with Crippen molar-refractivity contribution < 1.29 is 14.6 Å². The van der Waals surface area contributed by atoms with Gasteiger partial charge in [-0.15, -0.1) is 0 Å². The fourth-order valence-electron chi connectivity index (χ4n) is 3.40. The van der Waals surface area contributed by atoms with E-state index in [0.29, 0.717) is 0 Å². The van der Waals surface area contributed by atoms with E-state index in [2.05, 4.69) is 26.8 Å². The number of rotatable bonds is 3. The van der Waals surface area contributed by atoms with E-state index in [0.717, 1.165) is 18.4 Å². The molecule has 2 atom stereocenters. The van der Waals surface area contributed by atoms with Crippen LogP contribution in [-0.4, -0.2) is 22.3 Å². The maximum Gasteiger partial charge on any atom is 0.328 e. The van der Waals surface area contributed by atoms with Crippen molar-refractivity contribution in [3.05, 3.63) is 23.8 Å². The van der Waals surface area contributed by atoms with Crippen LogP contribution >= 0.6 is 0 Å². The number of carbonyl (C=O) groups is 1. The quantitative estimate of drug-likeness (QED) is 0.475. The molecule has 1 N–H and O–H groups in total. The SMILES string of the molecule is CC(=C/C(=O)O)/C=C/C12OC1(C)CCCC2(C)C. The van der Waals surface area contributed by atoms with Gasteiger partial charge in [0.05, 0.1) is 5.60 Å². The van der Waals surface area contributed by atoms with E-state index in [4.69, 9.17) is 9.84 Å². The summed E-state index contributed by atoms with van der Waals surface area (Å²) in [5.41, 5.74) is 0.580. The van der Waals surface area contributed by atoms with Gasteiger partial charge >= 0.3 is 5.97 Å². The first kappa shape index (κ1) is 13.3. The van der Waals surface area contributed by atoms with Gasteiger partial charge in [-0.2, -0.15) is 0 Å². The number of epoxide rings is 1. The summed E-state index contributed by atoms with van der Waals surface area (Å²) in [5.74, 6) is -0.906. The minimum absolute atomic E-state index is 0.0608. The summed E-state index contributed by atoms with van der Waals surface area (Å²) in [6, 6.07) is 0. The van der Waals surface area contributed by atoms with E-state index in [-0.39, 0.29) is 16.6 Å². The highest BCUT2D eigenvalue weighted by molar-refractivity contribution is 5.81. The van der Waals surface area contributed by atoms with Gasteiger partial charge in [0.1, 0.15) is 5.60 Å². The maximum absolute atomic E-state index is 10.6. The van der Waals surface area contributed by atoms with Crippen LogP contribution in [0.4, 0.5) is 0 Å². The summed E-state index contributed by atoms with van der Waals surface area (Å²) in [6.07, 6.45) is 8.61. The molecule has 0 aromatic heterocycles. The lowest BCUT2D eigenvalue weighted by Crippen LogP contribution is -2.41. The standard InChI is InChI=1S/C15H22O3/c1-11(10-12(16)17)6-9-15-13(2,3)7-5-8-14(15,4)18-15/h6,9-10H,5,7-8H2,1-4H3,(H,16,17)/b9-6+,11-10-. The molecule has 18 heavy (non-hydrogen) atoms. The van der Waals surface area contributed by atoms with Crippen LogP contribution in [-0.2, 0) is 9.53 Å². The lowest BCUT2D eigenvalue weighted by atomic mass is 9.64. The minimum Gasteiger partial charge on any atom is -0.478 e. The molecular weight excluding hydrogens is 228 g/mol. The zero-order valence-electron chi connectivity index (χ0n) is 11.6. The molecule has 0 bridgehead atoms. The number of ether oxygens (including phenoxy) is 1. The Morgan fingerprint density at radius 2 is 1.94 bits per heavy atom. The first-order valence-corrected chi connectivity index (χ1v) is 6.53. The molecule has 1 aliphatic carbocycles. The van der Waals surface area contributed by atoms with Gasteiger partial charge in [-0.05, 0) is 44.8 Å². The number of aliphatic carboxylic acids is 1. The van der Waals surface area contributed by atoms with Crippen molar-refractivity contribution in [1.29, 1.82) is 0 Å². The molecule has 0 radical (unpaired) electrons. The molecule has 2 fully saturated rings. The smallest absolute Gasteiger partial charge is 0.328 e. The summed E-state index contributed by atoms with van der Waals surface area (Å²) in [4.78, 5) is 10.6. The van der Waals surface area contributed by atoms with E-state index >= 15 is 0 Å². The molecule has 3 nitrogen and oxygen atoms in total. The topological polar surface area (TPSA) is 49.8 Å². The molecule has 1 saturated heterocycles. The Morgan fingerprint density at radius 3 is 2.50 bits per heavy atom. The van der Waals surface area contributed by atoms with Crippen LogP contribution in [0.3, 0.4) is 0 Å². The Labute approximate surface area is 109 Å². The lowest BCUT2D eigenvalue weighted by molar-refractivity contribution is -0.131. The average Bonchev–Trinajstić information content (AvgIpc) is 2.82. The van der Waals surface area contributed by atoms with Gasteiger partial charge < -0.3 is 9.84 Å². The number of hydrogen-bond acceptors (Lipinski definition) is 2. The van der Waals surface area contributed by atoms with Crippen molar-refractivity contribution in [3.8, 4) is 0 Å². The average molecular weight is 250 g/mol. The fraction of sp³-hybridized carbons (Fsp3) is 0.667. The molecular formula is C15H22O3. The Kier molecular flexibility index (Phi) is 2.93. The van der Waals surface area contributed by atoms with Crippen LogP contribution in [0.1, 0.15) is 47.0 Å². The monoisotopic (exact) mass is 250 g/mol. The predicted molar refractivity (Wildman–Crippen MR) is 70.4 cm³/mol. The van der Waals surface area contributed by atoms with Crippen LogP contribution < -0.4 is 0 Å². The van der Waals surface area contributed by atoms with Gasteiger partial charge in [-0.1, -0.05) is 19.9 Å². The normalized spacial score (nSPS) is 38.6. The Hall–Kier alpha value is -1.09. The number of carboxylic acids is 1. The molecule has 1 saturated carbocycles. The molecule has 100 valence electrons. The molecule has 2 unspecified atom stereocenters. The second-order valence-corrected chi connectivity index (χ2v) is 6.37. The Balaban J connectivity index is 2.23. The fourth-order valence-corrected chi connectivity index (χ4v) is 3.40. The highest BCUT2D eigenvalue weighted by Gasteiger charge is 2.73.